The van der Waals surface area contributed by atoms with Crippen molar-refractivity contribution >= 4 is 0 Å². The maximum absolute atomic E-state index is 2.12. The maximum Gasteiger partial charge on any atom is -0.0398 e. The molecule has 0 saturated heterocycles. The number of hydrogen-bond donors (Lipinski definition) is 0. The largest absolute Gasteiger partial charge is 1.00 e. The third-order valence-corrected chi connectivity index (χ3v) is 1.22. The van der Waals surface area contributed by atoms with Gasteiger partial charge in [0.15, 0.2) is 0 Å². The van der Waals surface area contributed by atoms with Crippen molar-refractivity contribution in [3.8, 4) is 0 Å². The summed E-state index contributed by atoms with van der Waals surface area (Å²) < 4.78 is 0. The van der Waals surface area contributed by atoms with Crippen LogP contribution in [0, 0.1) is 13.8 Å². The first-order valence-corrected chi connectivity index (χ1v) is 2.82. The Morgan fingerprint density at radius 3 is 1.22 bits per heavy atom. The van der Waals surface area contributed by atoms with Crippen molar-refractivity contribution in [2.24, 2.45) is 0 Å². The molecule has 1 rings (SSSR count). The Labute approximate surface area is 62.3 Å². The maximum atomic E-state index is 2.12. The van der Waals surface area contributed by atoms with E-state index in [-0.39, 0.29) is 12.4 Å². The van der Waals surface area contributed by atoms with Gasteiger partial charge in [-0.25, -0.2) is 0 Å². The van der Waals surface area contributed by atoms with E-state index in [0.717, 1.165) is 0 Å². The van der Waals surface area contributed by atoms with Gasteiger partial charge in [0.2, 0.25) is 0 Å². The van der Waals surface area contributed by atoms with Crippen LogP contribution in [0.1, 0.15) is 11.1 Å². The lowest BCUT2D eigenvalue weighted by molar-refractivity contribution is -0.00000180. The highest BCUT2D eigenvalue weighted by atomic mass is 35.5. The molecule has 0 spiro atoms. The summed E-state index contributed by atoms with van der Waals surface area (Å²) in [5.74, 6) is 0. The number of hydrogen-bond acceptors (Lipinski definition) is 0. The minimum Gasteiger partial charge on any atom is -1.00 e. The van der Waals surface area contributed by atoms with Gasteiger partial charge in [0, 0.05) is 0 Å². The lowest BCUT2D eigenvalue weighted by Gasteiger charge is -1.90. The normalized spacial score (nSPS) is 8.22. The Morgan fingerprint density at radius 2 is 1.00 bits per heavy atom. The second kappa shape index (κ2) is 3.52. The molecule has 0 aliphatic heterocycles. The zero-order valence-electron chi connectivity index (χ0n) is 5.69. The van der Waals surface area contributed by atoms with Gasteiger partial charge >= 0.3 is 0 Å². The van der Waals surface area contributed by atoms with Crippen LogP contribution < -0.4 is 12.4 Å². The first-order chi connectivity index (χ1) is 3.79. The minimum absolute atomic E-state index is 0. The molecule has 0 aromatic heterocycles. The van der Waals surface area contributed by atoms with E-state index in [1.165, 1.54) is 11.1 Å². The highest BCUT2D eigenvalue weighted by Crippen LogP contribution is 1.99. The molecule has 1 heteroatoms. The van der Waals surface area contributed by atoms with E-state index in [0.29, 0.717) is 0 Å². The van der Waals surface area contributed by atoms with E-state index in [9.17, 15) is 0 Å². The zero-order chi connectivity index (χ0) is 5.98. The van der Waals surface area contributed by atoms with Crippen molar-refractivity contribution in [1.29, 1.82) is 0 Å². The summed E-state index contributed by atoms with van der Waals surface area (Å²) in [4.78, 5) is 0. The van der Waals surface area contributed by atoms with Gasteiger partial charge in [-0.3, -0.25) is 0 Å². The molecule has 0 unspecified atom stereocenters. The molecule has 0 atom stereocenters. The van der Waals surface area contributed by atoms with E-state index in [2.05, 4.69) is 38.1 Å². The van der Waals surface area contributed by atoms with E-state index >= 15 is 0 Å². The van der Waals surface area contributed by atoms with Gasteiger partial charge in [0.1, 0.15) is 0 Å². The van der Waals surface area contributed by atoms with E-state index in [1.807, 2.05) is 0 Å². The summed E-state index contributed by atoms with van der Waals surface area (Å²) in [6.45, 7) is 4.19. The zero-order valence-corrected chi connectivity index (χ0v) is 6.44. The Bertz CT molecular complexity index is 143. The second-order valence-corrected chi connectivity index (χ2v) is 2.15. The number of halogens is 1. The highest BCUT2D eigenvalue weighted by molar-refractivity contribution is 5.19. The molecule has 0 aliphatic carbocycles. The average Bonchev–Trinajstić information content (AvgIpc) is 1.77. The molecule has 0 nitrogen and oxygen atoms in total. The van der Waals surface area contributed by atoms with Crippen LogP contribution >= 0.6 is 0 Å². The van der Waals surface area contributed by atoms with Crippen molar-refractivity contribution in [2.75, 3.05) is 0 Å². The molecule has 50 valence electrons. The van der Waals surface area contributed by atoms with E-state index < -0.39 is 0 Å². The van der Waals surface area contributed by atoms with Crippen molar-refractivity contribution in [3.05, 3.63) is 35.4 Å². The van der Waals surface area contributed by atoms with Gasteiger partial charge in [-0.05, 0) is 13.8 Å². The molecule has 0 aliphatic rings. The molecule has 9 heavy (non-hydrogen) atoms. The lowest BCUT2D eigenvalue weighted by Crippen LogP contribution is -3.00. The SMILES string of the molecule is Cc1ccc(C)cc1.[Cl-]. The van der Waals surface area contributed by atoms with E-state index in [1.54, 1.807) is 0 Å². The predicted octanol–water partition coefficient (Wildman–Crippen LogP) is -0.693. The van der Waals surface area contributed by atoms with Gasteiger partial charge < -0.3 is 12.4 Å². The fraction of sp³-hybridized carbons (Fsp3) is 0.250. The van der Waals surface area contributed by atoms with Crippen molar-refractivity contribution in [1.82, 2.24) is 0 Å². The number of rotatable bonds is 0. The molecule has 0 saturated carbocycles. The lowest BCUT2D eigenvalue weighted by atomic mass is 10.2. The molecule has 0 radical (unpaired) electrons. The monoisotopic (exact) mass is 141 g/mol. The van der Waals surface area contributed by atoms with Crippen LogP contribution in [0.5, 0.6) is 0 Å². The summed E-state index contributed by atoms with van der Waals surface area (Å²) in [5.41, 5.74) is 2.66. The first kappa shape index (κ1) is 8.51. The Morgan fingerprint density at radius 1 is 0.778 bits per heavy atom. The quantitative estimate of drug-likeness (QED) is 0.449. The van der Waals surface area contributed by atoms with Crippen LogP contribution in [0.4, 0.5) is 0 Å². The van der Waals surface area contributed by atoms with Crippen molar-refractivity contribution in [3.63, 3.8) is 0 Å². The fourth-order valence-electron chi connectivity index (χ4n) is 0.637. The summed E-state index contributed by atoms with van der Waals surface area (Å²) >= 11 is 0. The molecule has 0 N–H and O–H groups in total. The highest BCUT2D eigenvalue weighted by Gasteiger charge is 1.79. The van der Waals surface area contributed by atoms with Crippen molar-refractivity contribution in [2.45, 2.75) is 13.8 Å². The smallest absolute Gasteiger partial charge is 0.0398 e. The van der Waals surface area contributed by atoms with Crippen molar-refractivity contribution < 1.29 is 12.4 Å². The molecule has 0 amide bonds. The molecular weight excluding hydrogens is 132 g/mol. The molecule has 0 heterocycles. The van der Waals surface area contributed by atoms with Crippen LogP contribution in [0.2, 0.25) is 0 Å². The van der Waals surface area contributed by atoms with Crippen LogP contribution in [-0.2, 0) is 0 Å². The second-order valence-electron chi connectivity index (χ2n) is 2.15. The van der Waals surface area contributed by atoms with Crippen LogP contribution in [0.15, 0.2) is 24.3 Å². The fourth-order valence-corrected chi connectivity index (χ4v) is 0.637. The summed E-state index contributed by atoms with van der Waals surface area (Å²) in [6.07, 6.45) is 0. The molecular formula is C8H10Cl-. The molecule has 1 aromatic rings. The van der Waals surface area contributed by atoms with Crippen LogP contribution in [-0.4, -0.2) is 0 Å². The van der Waals surface area contributed by atoms with Crippen LogP contribution in [0.25, 0.3) is 0 Å². The minimum atomic E-state index is 0. The molecule has 0 bridgehead atoms. The number of benzene rings is 1. The van der Waals surface area contributed by atoms with E-state index in [4.69, 9.17) is 0 Å². The summed E-state index contributed by atoms with van der Waals surface area (Å²) in [7, 11) is 0. The van der Waals surface area contributed by atoms with Crippen LogP contribution in [0.3, 0.4) is 0 Å². The Kier molecular flexibility index (Phi) is 3.33. The van der Waals surface area contributed by atoms with Gasteiger partial charge in [-0.2, -0.15) is 0 Å². The standard InChI is InChI=1S/C8H10.ClH/c1-7-3-5-8(2)6-4-7;/h3-6H,1-2H3;1H/p-1. The first-order valence-electron chi connectivity index (χ1n) is 2.82. The predicted molar refractivity (Wildman–Crippen MR) is 35.9 cm³/mol. The number of aryl methyl sites for hydroxylation is 2. The van der Waals surface area contributed by atoms with Gasteiger partial charge in [-0.1, -0.05) is 35.4 Å². The average molecular weight is 142 g/mol. The topological polar surface area (TPSA) is 0 Å². The van der Waals surface area contributed by atoms with Gasteiger partial charge in [0.25, 0.3) is 0 Å². The summed E-state index contributed by atoms with van der Waals surface area (Å²) in [5, 5.41) is 0. The molecule has 0 fully saturated rings. The van der Waals surface area contributed by atoms with Gasteiger partial charge in [0.05, 0.1) is 0 Å². The summed E-state index contributed by atoms with van der Waals surface area (Å²) in [6, 6.07) is 8.48. The third kappa shape index (κ3) is 2.52. The van der Waals surface area contributed by atoms with Gasteiger partial charge in [-0.15, -0.1) is 0 Å². The molecule has 1 aromatic carbocycles. The third-order valence-electron chi connectivity index (χ3n) is 1.22. The Hall–Kier alpha value is -0.490. The Balaban J connectivity index is 0.000000640.